The van der Waals surface area contributed by atoms with Crippen molar-refractivity contribution in [3.63, 3.8) is 0 Å². The highest BCUT2D eigenvalue weighted by Crippen LogP contribution is 2.46. The second-order valence-corrected chi connectivity index (χ2v) is 8.77. The summed E-state index contributed by atoms with van der Waals surface area (Å²) in [6.45, 7) is 0.404. The zero-order valence-corrected chi connectivity index (χ0v) is 18.9. The van der Waals surface area contributed by atoms with Crippen LogP contribution in [0.25, 0.3) is 0 Å². The second-order valence-electron chi connectivity index (χ2n) is 7.59. The predicted octanol–water partition coefficient (Wildman–Crippen LogP) is 1.73. The summed E-state index contributed by atoms with van der Waals surface area (Å²) in [5, 5.41) is 11.5. The van der Waals surface area contributed by atoms with E-state index >= 15 is 0 Å². The lowest BCUT2D eigenvalue weighted by Crippen LogP contribution is -2.43. The first-order valence-corrected chi connectivity index (χ1v) is 11.2. The molecule has 31 heavy (non-hydrogen) atoms. The molecule has 1 fully saturated rings. The molecule has 1 aromatic heterocycles. The molecule has 3 N–H and O–H groups in total. The van der Waals surface area contributed by atoms with Gasteiger partial charge < -0.3 is 19.1 Å². The summed E-state index contributed by atoms with van der Waals surface area (Å²) in [6, 6.07) is -1.85. The maximum atomic E-state index is 13.0. The first-order chi connectivity index (χ1) is 14.9. The molecular formula is C18H24N6O5S2. The van der Waals surface area contributed by atoms with Crippen molar-refractivity contribution in [3.05, 3.63) is 40.9 Å². The van der Waals surface area contributed by atoms with E-state index in [1.807, 2.05) is 18.2 Å². The summed E-state index contributed by atoms with van der Waals surface area (Å²) < 4.78 is 21.9. The molecule has 0 radical (unpaired) electrons. The molecule has 3 amide bonds. The number of aromatic nitrogens is 2. The molecule has 1 aromatic rings. The van der Waals surface area contributed by atoms with E-state index in [0.29, 0.717) is 22.7 Å². The Morgan fingerprint density at radius 3 is 2.84 bits per heavy atom. The van der Waals surface area contributed by atoms with Crippen molar-refractivity contribution in [2.45, 2.75) is 30.4 Å². The molecule has 0 aromatic carbocycles. The lowest BCUT2D eigenvalue weighted by Gasteiger charge is -2.32. The van der Waals surface area contributed by atoms with E-state index in [9.17, 15) is 14.1 Å². The van der Waals surface area contributed by atoms with Crippen molar-refractivity contribution >= 4 is 36.2 Å². The SMILES string of the molecule is CN(C)C(=O)C1c2c(c(COC3=CCC(SN)C=C3)nn2C)C2CN1C(=O)N2OSO. The number of hydrogen-bond donors (Lipinski definition) is 2. The molecule has 3 atom stereocenters. The van der Waals surface area contributed by atoms with Gasteiger partial charge in [0.1, 0.15) is 24.1 Å². The van der Waals surface area contributed by atoms with Crippen molar-refractivity contribution in [1.82, 2.24) is 24.6 Å². The first-order valence-electron chi connectivity index (χ1n) is 9.58. The summed E-state index contributed by atoms with van der Waals surface area (Å²) in [4.78, 5) is 28.8. The van der Waals surface area contributed by atoms with Gasteiger partial charge in [-0.1, -0.05) is 18.0 Å². The van der Waals surface area contributed by atoms with Gasteiger partial charge in [-0.3, -0.25) is 14.6 Å². The minimum absolute atomic E-state index is 0.0874. The molecule has 11 nitrogen and oxygen atoms in total. The topological polar surface area (TPSA) is 126 Å². The van der Waals surface area contributed by atoms with Gasteiger partial charge in [-0.05, 0) is 18.6 Å². The van der Waals surface area contributed by atoms with Gasteiger partial charge in [0.15, 0.2) is 18.4 Å². The van der Waals surface area contributed by atoms with Crippen LogP contribution in [-0.4, -0.2) is 67.0 Å². The van der Waals surface area contributed by atoms with Gasteiger partial charge in [0, 0.05) is 32.0 Å². The fourth-order valence-corrected chi connectivity index (χ4v) is 4.75. The van der Waals surface area contributed by atoms with Gasteiger partial charge in [0.2, 0.25) is 0 Å². The Morgan fingerprint density at radius 2 is 2.23 bits per heavy atom. The van der Waals surface area contributed by atoms with Crippen molar-refractivity contribution in [3.8, 4) is 0 Å². The normalized spacial score (nSPS) is 24.4. The van der Waals surface area contributed by atoms with Gasteiger partial charge in [0.05, 0.1) is 12.2 Å². The number of carbonyl (C=O) groups is 2. The number of ether oxygens (including phenoxy) is 1. The average Bonchev–Trinajstić information content (AvgIpc) is 3.23. The van der Waals surface area contributed by atoms with Crippen LogP contribution in [0.15, 0.2) is 24.0 Å². The van der Waals surface area contributed by atoms with Crippen LogP contribution < -0.4 is 5.14 Å². The van der Waals surface area contributed by atoms with E-state index in [0.717, 1.165) is 11.5 Å². The highest BCUT2D eigenvalue weighted by atomic mass is 32.2. The summed E-state index contributed by atoms with van der Waals surface area (Å²) >= 11 is 1.37. The maximum Gasteiger partial charge on any atom is 0.346 e. The minimum Gasteiger partial charge on any atom is -0.488 e. The Morgan fingerprint density at radius 1 is 1.45 bits per heavy atom. The summed E-state index contributed by atoms with van der Waals surface area (Å²) in [5.41, 5.74) is 1.92. The molecule has 2 bridgehead atoms. The molecular weight excluding hydrogens is 444 g/mol. The quantitative estimate of drug-likeness (QED) is 0.454. The van der Waals surface area contributed by atoms with Crippen LogP contribution in [0, 0.1) is 0 Å². The fourth-order valence-electron chi connectivity index (χ4n) is 4.13. The highest BCUT2D eigenvalue weighted by Gasteiger charge is 2.54. The van der Waals surface area contributed by atoms with Crippen molar-refractivity contribution in [1.29, 1.82) is 0 Å². The van der Waals surface area contributed by atoms with Gasteiger partial charge in [-0.2, -0.15) is 14.4 Å². The molecule has 168 valence electrons. The number of rotatable bonds is 7. The molecule has 1 saturated heterocycles. The Labute approximate surface area is 188 Å². The van der Waals surface area contributed by atoms with Crippen LogP contribution in [0.1, 0.15) is 35.5 Å². The highest BCUT2D eigenvalue weighted by molar-refractivity contribution is 7.97. The van der Waals surface area contributed by atoms with Crippen LogP contribution in [0.3, 0.4) is 0 Å². The van der Waals surface area contributed by atoms with E-state index in [-0.39, 0.29) is 36.6 Å². The Balaban J connectivity index is 1.68. The van der Waals surface area contributed by atoms with Crippen LogP contribution in [0.4, 0.5) is 4.79 Å². The maximum absolute atomic E-state index is 13.0. The van der Waals surface area contributed by atoms with Crippen molar-refractivity contribution in [2.24, 2.45) is 12.2 Å². The summed E-state index contributed by atoms with van der Waals surface area (Å²) in [6.07, 6.45) is 6.60. The zero-order chi connectivity index (χ0) is 22.3. The van der Waals surface area contributed by atoms with E-state index in [2.05, 4.69) is 5.10 Å². The molecule has 3 unspecified atom stereocenters. The number of hydroxylamine groups is 2. The number of amides is 3. The molecule has 4 rings (SSSR count). The number of fused-ring (bicyclic) bond motifs is 4. The second kappa shape index (κ2) is 8.74. The predicted molar refractivity (Wildman–Crippen MR) is 115 cm³/mol. The zero-order valence-electron chi connectivity index (χ0n) is 17.3. The van der Waals surface area contributed by atoms with Crippen LogP contribution >= 0.6 is 24.3 Å². The smallest absolute Gasteiger partial charge is 0.346 e. The van der Waals surface area contributed by atoms with Crippen LogP contribution in [0.2, 0.25) is 0 Å². The molecule has 0 saturated carbocycles. The largest absolute Gasteiger partial charge is 0.488 e. The monoisotopic (exact) mass is 468 g/mol. The fraction of sp³-hybridized carbons (Fsp3) is 0.500. The average molecular weight is 469 g/mol. The summed E-state index contributed by atoms with van der Waals surface area (Å²) in [5.74, 6) is 0.467. The van der Waals surface area contributed by atoms with Crippen LogP contribution in [0.5, 0.6) is 0 Å². The number of nitrogens with zero attached hydrogens (tertiary/aromatic N) is 5. The van der Waals surface area contributed by atoms with E-state index in [1.165, 1.54) is 21.7 Å². The standard InChI is InChI=1S/C18H24N6O5S2/c1-21(2)17(25)16-15-14(13-8-23(16)18(26)24(13)29-31-27)12(20-22(15)3)9-28-10-4-6-11(30-19)7-5-10/h4-6,11,13,16,27H,7-9,19H2,1-3H3. The third-order valence-corrected chi connectivity index (χ3v) is 6.49. The minimum atomic E-state index is -0.839. The number of urea groups is 1. The van der Waals surface area contributed by atoms with Gasteiger partial charge in [-0.15, -0.1) is 0 Å². The van der Waals surface area contributed by atoms with E-state index < -0.39 is 18.1 Å². The molecule has 0 spiro atoms. The Kier molecular flexibility index (Phi) is 6.21. The van der Waals surface area contributed by atoms with Crippen LogP contribution in [-0.2, 0) is 27.5 Å². The molecule has 1 aliphatic carbocycles. The number of allylic oxidation sites excluding steroid dienone is 2. The van der Waals surface area contributed by atoms with Gasteiger partial charge in [0.25, 0.3) is 5.91 Å². The third-order valence-electron chi connectivity index (χ3n) is 5.56. The summed E-state index contributed by atoms with van der Waals surface area (Å²) in [7, 11) is 5.02. The number of aryl methyl sites for hydroxylation is 1. The molecule has 3 heterocycles. The van der Waals surface area contributed by atoms with Crippen molar-refractivity contribution in [2.75, 3.05) is 20.6 Å². The van der Waals surface area contributed by atoms with Gasteiger partial charge in [-0.25, -0.2) is 4.79 Å². The number of nitrogens with two attached hydrogens (primary N) is 1. The van der Waals surface area contributed by atoms with Crippen molar-refractivity contribution < 1.29 is 23.2 Å². The molecule has 13 heteroatoms. The Bertz CT molecular complexity index is 948. The first kappa shape index (κ1) is 22.0. The lowest BCUT2D eigenvalue weighted by atomic mass is 9.94. The van der Waals surface area contributed by atoms with E-state index in [1.54, 1.807) is 25.8 Å². The van der Waals surface area contributed by atoms with E-state index in [4.69, 9.17) is 14.2 Å². The lowest BCUT2D eigenvalue weighted by molar-refractivity contribution is -0.134. The molecule has 2 aliphatic heterocycles. The number of carbonyl (C=O) groups excluding carboxylic acids is 2. The number of hydrogen-bond acceptors (Lipinski definition) is 9. The number of likely N-dealkylation sites (N-methyl/N-ethyl adjacent to an activating group) is 1. The molecule has 3 aliphatic rings. The van der Waals surface area contributed by atoms with Gasteiger partial charge >= 0.3 is 6.03 Å². The third kappa shape index (κ3) is 3.80. The Hall–Kier alpha value is -2.19.